The SMILES string of the molecule is CCCCN(c1nc(NCCO)nc(N(C)C2CC(C)(C)N(OC3CCCCC3)C(C)(C)C2)n1)C1CC(C)(C)N(OC2CCCCC2)C(C)(C)C1. The number of piperidine rings is 2. The van der Waals surface area contributed by atoms with Crippen LogP contribution in [0.5, 0.6) is 0 Å². The zero-order chi connectivity index (χ0) is 37.0. The Morgan fingerprint density at radius 3 is 1.59 bits per heavy atom. The Balaban J connectivity index is 1.42. The number of hydrogen-bond donors (Lipinski definition) is 2. The Hall–Kier alpha value is -1.79. The third-order valence-corrected chi connectivity index (χ3v) is 12.1. The summed E-state index contributed by atoms with van der Waals surface area (Å²) in [5.74, 6) is 1.91. The highest BCUT2D eigenvalue weighted by molar-refractivity contribution is 5.47. The maximum atomic E-state index is 9.74. The van der Waals surface area contributed by atoms with Gasteiger partial charge in [0.25, 0.3) is 0 Å². The summed E-state index contributed by atoms with van der Waals surface area (Å²) in [6.07, 6.45) is 18.8. The molecular weight excluding hydrogens is 640 g/mol. The zero-order valence-electron chi connectivity index (χ0n) is 34.1. The predicted octanol–water partition coefficient (Wildman–Crippen LogP) is 7.89. The third-order valence-electron chi connectivity index (χ3n) is 12.1. The molecule has 0 atom stereocenters. The zero-order valence-corrected chi connectivity index (χ0v) is 34.1. The van der Waals surface area contributed by atoms with Crippen LogP contribution in [0.25, 0.3) is 0 Å². The van der Waals surface area contributed by atoms with Gasteiger partial charge in [-0.3, -0.25) is 9.68 Å². The number of hydrogen-bond acceptors (Lipinski definition) is 11. The molecule has 1 aromatic heterocycles. The van der Waals surface area contributed by atoms with Crippen molar-refractivity contribution in [2.45, 2.75) is 211 Å². The van der Waals surface area contributed by atoms with Gasteiger partial charge in [0.2, 0.25) is 17.8 Å². The van der Waals surface area contributed by atoms with Gasteiger partial charge in [0, 0.05) is 54.4 Å². The number of nitrogens with one attached hydrogen (secondary N) is 1. The molecule has 4 aliphatic rings. The first-order valence-corrected chi connectivity index (χ1v) is 20.6. The molecule has 2 N–H and O–H groups in total. The Morgan fingerprint density at radius 2 is 1.14 bits per heavy atom. The van der Waals surface area contributed by atoms with E-state index in [1.165, 1.54) is 38.5 Å². The van der Waals surface area contributed by atoms with Crippen LogP contribution >= 0.6 is 0 Å². The van der Waals surface area contributed by atoms with E-state index in [0.29, 0.717) is 30.6 Å². The van der Waals surface area contributed by atoms with Gasteiger partial charge in [-0.2, -0.15) is 25.1 Å². The second kappa shape index (κ2) is 16.7. The van der Waals surface area contributed by atoms with E-state index < -0.39 is 0 Å². The van der Waals surface area contributed by atoms with Crippen LogP contribution < -0.4 is 15.1 Å². The van der Waals surface area contributed by atoms with Crippen molar-refractivity contribution >= 4 is 17.8 Å². The largest absolute Gasteiger partial charge is 0.395 e. The fourth-order valence-electron chi connectivity index (χ4n) is 9.95. The average molecular weight is 715 g/mol. The lowest BCUT2D eigenvalue weighted by molar-refractivity contribution is -0.310. The first-order chi connectivity index (χ1) is 24.1. The normalized spacial score (nSPS) is 25.2. The quantitative estimate of drug-likeness (QED) is 0.197. The van der Waals surface area contributed by atoms with E-state index in [1.54, 1.807) is 0 Å². The van der Waals surface area contributed by atoms with Gasteiger partial charge in [-0.15, -0.1) is 0 Å². The number of hydroxylamine groups is 4. The van der Waals surface area contributed by atoms with Crippen LogP contribution in [0.1, 0.15) is 165 Å². The predicted molar refractivity (Wildman–Crippen MR) is 208 cm³/mol. The van der Waals surface area contributed by atoms with Crippen LogP contribution in [0.15, 0.2) is 0 Å². The number of anilines is 3. The van der Waals surface area contributed by atoms with Gasteiger partial charge in [-0.05, 0) is 113 Å². The molecule has 2 saturated carbocycles. The molecule has 2 saturated heterocycles. The summed E-state index contributed by atoms with van der Waals surface area (Å²) in [5.41, 5.74) is -0.651. The van der Waals surface area contributed by atoms with Crippen molar-refractivity contribution in [1.82, 2.24) is 25.1 Å². The topological polar surface area (TPSA) is 102 Å². The number of aliphatic hydroxyl groups is 1. The van der Waals surface area contributed by atoms with E-state index in [1.807, 2.05) is 0 Å². The molecule has 2 aliphatic carbocycles. The van der Waals surface area contributed by atoms with E-state index in [0.717, 1.165) is 76.7 Å². The summed E-state index contributed by atoms with van der Waals surface area (Å²) in [6, 6.07) is 0.446. The van der Waals surface area contributed by atoms with Gasteiger partial charge in [0.15, 0.2) is 0 Å². The van der Waals surface area contributed by atoms with E-state index in [4.69, 9.17) is 24.6 Å². The first-order valence-electron chi connectivity index (χ1n) is 20.6. The standard InChI is InChI=1S/C40H74N8O3/c1-11-12-24-46(31-28-39(6,7)48(40(8,9)29-31)51-33-21-17-14-18-22-33)36-43-34(41-23-25-49)42-35(44-36)45(10)30-26-37(2,3)47(38(4,5)27-30)50-32-19-15-13-16-20-32/h30-33,49H,11-29H2,1-10H3,(H,41,42,43,44). The number of aromatic nitrogens is 3. The van der Waals surface area contributed by atoms with Gasteiger partial charge in [-0.25, -0.2) is 0 Å². The minimum absolute atomic E-state index is 0.00933. The maximum absolute atomic E-state index is 9.74. The summed E-state index contributed by atoms with van der Waals surface area (Å²) in [5, 5.41) is 17.7. The van der Waals surface area contributed by atoms with Gasteiger partial charge in [0.05, 0.1) is 18.8 Å². The smallest absolute Gasteiger partial charge is 0.232 e. The summed E-state index contributed by atoms with van der Waals surface area (Å²) < 4.78 is 0. The molecule has 0 unspecified atom stereocenters. The number of unbranched alkanes of at least 4 members (excludes halogenated alkanes) is 1. The lowest BCUT2D eigenvalue weighted by atomic mass is 9.78. The summed E-state index contributed by atoms with van der Waals surface area (Å²) in [6.45, 7) is 22.2. The Morgan fingerprint density at radius 1 is 0.686 bits per heavy atom. The van der Waals surface area contributed by atoms with Crippen molar-refractivity contribution in [3.05, 3.63) is 0 Å². The summed E-state index contributed by atoms with van der Waals surface area (Å²) in [7, 11) is 2.15. The van der Waals surface area contributed by atoms with Crippen molar-refractivity contribution in [2.24, 2.45) is 0 Å². The highest BCUT2D eigenvalue weighted by atomic mass is 16.7. The molecule has 0 bridgehead atoms. The Bertz CT molecular complexity index is 1210. The van der Waals surface area contributed by atoms with Gasteiger partial charge in [0.1, 0.15) is 0 Å². The monoisotopic (exact) mass is 715 g/mol. The lowest BCUT2D eigenvalue weighted by Crippen LogP contribution is -2.65. The van der Waals surface area contributed by atoms with Crippen molar-refractivity contribution < 1.29 is 14.8 Å². The lowest BCUT2D eigenvalue weighted by Gasteiger charge is -2.56. The highest BCUT2D eigenvalue weighted by Gasteiger charge is 2.51. The molecule has 51 heavy (non-hydrogen) atoms. The number of nitrogens with zero attached hydrogens (tertiary/aromatic N) is 7. The van der Waals surface area contributed by atoms with Crippen LogP contribution in [0.4, 0.5) is 17.8 Å². The molecule has 11 nitrogen and oxygen atoms in total. The van der Waals surface area contributed by atoms with Crippen LogP contribution in [-0.4, -0.2) is 103 Å². The Kier molecular flexibility index (Phi) is 13.2. The molecule has 11 heteroatoms. The molecule has 3 heterocycles. The van der Waals surface area contributed by atoms with Crippen LogP contribution in [0.2, 0.25) is 0 Å². The minimum atomic E-state index is -0.163. The minimum Gasteiger partial charge on any atom is -0.395 e. The maximum Gasteiger partial charge on any atom is 0.232 e. The Labute approximate surface area is 310 Å². The van der Waals surface area contributed by atoms with Gasteiger partial charge in [-0.1, -0.05) is 51.9 Å². The average Bonchev–Trinajstić information content (AvgIpc) is 3.07. The van der Waals surface area contributed by atoms with Crippen LogP contribution in [0, 0.1) is 0 Å². The first kappa shape index (κ1) is 40.4. The van der Waals surface area contributed by atoms with E-state index in [2.05, 4.69) is 94.6 Å². The molecule has 292 valence electrons. The molecule has 2 aliphatic heterocycles. The number of rotatable bonds is 14. The van der Waals surface area contributed by atoms with E-state index >= 15 is 0 Å². The molecule has 0 radical (unpaired) electrons. The number of aliphatic hydroxyl groups excluding tert-OH is 1. The molecule has 0 aromatic carbocycles. The third kappa shape index (κ3) is 9.85. The van der Waals surface area contributed by atoms with Crippen molar-refractivity contribution in [3.63, 3.8) is 0 Å². The van der Waals surface area contributed by atoms with Crippen molar-refractivity contribution in [3.8, 4) is 0 Å². The molecule has 1 aromatic rings. The van der Waals surface area contributed by atoms with Gasteiger partial charge >= 0.3 is 0 Å². The summed E-state index contributed by atoms with van der Waals surface area (Å²) >= 11 is 0. The summed E-state index contributed by atoms with van der Waals surface area (Å²) in [4.78, 5) is 33.8. The molecule has 0 amide bonds. The molecular formula is C40H74N8O3. The fourth-order valence-corrected chi connectivity index (χ4v) is 9.95. The van der Waals surface area contributed by atoms with Crippen LogP contribution in [-0.2, 0) is 9.68 Å². The van der Waals surface area contributed by atoms with E-state index in [-0.39, 0.29) is 40.8 Å². The second-order valence-corrected chi connectivity index (χ2v) is 18.8. The molecule has 4 fully saturated rings. The highest BCUT2D eigenvalue weighted by Crippen LogP contribution is 2.44. The van der Waals surface area contributed by atoms with Gasteiger partial charge < -0.3 is 20.2 Å². The van der Waals surface area contributed by atoms with E-state index in [9.17, 15) is 5.11 Å². The molecule has 5 rings (SSSR count). The van der Waals surface area contributed by atoms with Crippen LogP contribution in [0.3, 0.4) is 0 Å². The molecule has 0 spiro atoms. The fraction of sp³-hybridized carbons (Fsp3) is 0.925. The van der Waals surface area contributed by atoms with Crippen molar-refractivity contribution in [1.29, 1.82) is 0 Å². The van der Waals surface area contributed by atoms with Crippen molar-refractivity contribution in [2.75, 3.05) is 41.9 Å². The second-order valence-electron chi connectivity index (χ2n) is 18.8.